The lowest BCUT2D eigenvalue weighted by Gasteiger charge is -2.41. The van der Waals surface area contributed by atoms with E-state index in [9.17, 15) is 13.2 Å². The van der Waals surface area contributed by atoms with E-state index < -0.39 is 15.9 Å². The highest BCUT2D eigenvalue weighted by Gasteiger charge is 2.41. The number of sulfonamides is 1. The Morgan fingerprint density at radius 3 is 2.82 bits per heavy atom. The molecule has 4 rings (SSSR count). The van der Waals surface area contributed by atoms with Crippen LogP contribution in [0.2, 0.25) is 11.8 Å². The number of nitrogens with one attached hydrogen (secondary N) is 1. The van der Waals surface area contributed by atoms with Gasteiger partial charge in [0.25, 0.3) is 10.0 Å². The Labute approximate surface area is 210 Å². The van der Waals surface area contributed by atoms with Gasteiger partial charge in [0, 0.05) is 38.0 Å². The van der Waals surface area contributed by atoms with Crippen molar-refractivity contribution in [3.05, 3.63) is 52.5 Å². The van der Waals surface area contributed by atoms with Crippen molar-refractivity contribution in [2.45, 2.75) is 43.3 Å². The molecule has 0 saturated heterocycles. The lowest BCUT2D eigenvalue weighted by molar-refractivity contribution is -0.117. The van der Waals surface area contributed by atoms with Crippen LogP contribution in [0.5, 0.6) is 5.75 Å². The van der Waals surface area contributed by atoms with Crippen LogP contribution < -0.4 is 14.4 Å². The Kier molecular flexibility index (Phi) is 7.63. The molecule has 0 saturated carbocycles. The molecule has 2 aromatic carbocycles. The van der Waals surface area contributed by atoms with Gasteiger partial charge in [0.05, 0.1) is 31.5 Å². The van der Waals surface area contributed by atoms with Crippen LogP contribution >= 0.6 is 11.6 Å². The number of nitrogens with zero attached hydrogens (tertiary/aromatic N) is 1. The number of hydrogen-bond acceptors (Lipinski definition) is 5. The molecule has 2 aliphatic rings. The number of amides is 1. The minimum atomic E-state index is -3.97. The number of anilines is 1. The normalized spacial score (nSPS) is 19.2. The minimum Gasteiger partial charge on any atom is -0.490 e. The van der Waals surface area contributed by atoms with Crippen LogP contribution in [0.15, 0.2) is 41.3 Å². The minimum absolute atomic E-state index is 0.0271. The quantitative estimate of drug-likeness (QED) is 0.474. The third-order valence-electron chi connectivity index (χ3n) is 6.36. The fourth-order valence-electron chi connectivity index (χ4n) is 4.89. The van der Waals surface area contributed by atoms with Crippen molar-refractivity contribution in [2.75, 3.05) is 24.5 Å². The van der Waals surface area contributed by atoms with E-state index in [1.54, 1.807) is 12.1 Å². The van der Waals surface area contributed by atoms with Gasteiger partial charge in [-0.2, -0.15) is 0 Å². The van der Waals surface area contributed by atoms with Gasteiger partial charge in [-0.25, -0.2) is 13.1 Å². The second-order valence-corrected chi connectivity index (χ2v) is 11.0. The molecule has 1 unspecified atom stereocenters. The number of carbonyl (C=O) groups excluding carboxylic acids is 1. The van der Waals surface area contributed by atoms with Gasteiger partial charge in [-0.3, -0.25) is 4.79 Å². The van der Waals surface area contributed by atoms with Crippen LogP contribution in [0.3, 0.4) is 0 Å². The molecule has 34 heavy (non-hydrogen) atoms. The van der Waals surface area contributed by atoms with Crippen molar-refractivity contribution >= 4 is 61.7 Å². The molecule has 4 radical (unpaired) electrons. The molecule has 1 amide bonds. The fraction of sp³-hybridized carbons (Fsp3) is 0.409. The SMILES string of the molecule is C[B][B][B][B]CN1CC2(CCCc3cc(Cl)ccc32)COc2ccc(S(=O)(=O)NC(C)=O)cc21. The summed E-state index contributed by atoms with van der Waals surface area (Å²) in [5.74, 6) is -0.00654. The summed E-state index contributed by atoms with van der Waals surface area (Å²) in [4.78, 5) is 13.6. The first kappa shape index (κ1) is 25.1. The van der Waals surface area contributed by atoms with E-state index in [4.69, 9.17) is 16.3 Å². The average Bonchev–Trinajstić information content (AvgIpc) is 2.93. The summed E-state index contributed by atoms with van der Waals surface area (Å²) in [6.45, 7) is 4.29. The predicted octanol–water partition coefficient (Wildman–Crippen LogP) is 2.21. The second-order valence-electron chi connectivity index (χ2n) is 8.85. The van der Waals surface area contributed by atoms with E-state index in [0.29, 0.717) is 31.0 Å². The van der Waals surface area contributed by atoms with Crippen LogP contribution in [-0.4, -0.2) is 62.4 Å². The molecular formula is C22H25B4ClN2O4S. The van der Waals surface area contributed by atoms with E-state index in [0.717, 1.165) is 24.3 Å². The van der Waals surface area contributed by atoms with Crippen molar-refractivity contribution in [1.29, 1.82) is 0 Å². The van der Waals surface area contributed by atoms with Gasteiger partial charge in [0.1, 0.15) is 5.75 Å². The maximum Gasteiger partial charge on any atom is 0.264 e. The summed E-state index contributed by atoms with van der Waals surface area (Å²) in [6.07, 6.45) is 3.54. The summed E-state index contributed by atoms with van der Waals surface area (Å²) in [7, 11) is 3.97. The van der Waals surface area contributed by atoms with Crippen molar-refractivity contribution in [2.24, 2.45) is 0 Å². The maximum absolute atomic E-state index is 12.7. The van der Waals surface area contributed by atoms with E-state index in [-0.39, 0.29) is 10.3 Å². The summed E-state index contributed by atoms with van der Waals surface area (Å²) in [5.41, 5.74) is 2.92. The first-order chi connectivity index (χ1) is 16.2. The Balaban J connectivity index is 1.74. The molecule has 1 N–H and O–H groups in total. The summed E-state index contributed by atoms with van der Waals surface area (Å²) >= 11 is 6.29. The van der Waals surface area contributed by atoms with Gasteiger partial charge in [0.15, 0.2) is 0 Å². The zero-order chi connectivity index (χ0) is 24.3. The van der Waals surface area contributed by atoms with Crippen molar-refractivity contribution < 1.29 is 17.9 Å². The highest BCUT2D eigenvalue weighted by atomic mass is 35.5. The molecule has 0 bridgehead atoms. The molecule has 12 heteroatoms. The summed E-state index contributed by atoms with van der Waals surface area (Å²) in [6, 6.07) is 10.8. The fourth-order valence-corrected chi connectivity index (χ4v) is 6.09. The van der Waals surface area contributed by atoms with Gasteiger partial charge in [-0.1, -0.05) is 17.7 Å². The van der Waals surface area contributed by atoms with Crippen LogP contribution in [0.25, 0.3) is 0 Å². The van der Waals surface area contributed by atoms with Crippen LogP contribution in [0.1, 0.15) is 30.9 Å². The van der Waals surface area contributed by atoms with Gasteiger partial charge < -0.3 is 9.64 Å². The second kappa shape index (κ2) is 10.3. The van der Waals surface area contributed by atoms with Gasteiger partial charge in [-0.05, 0) is 67.2 Å². The molecule has 2 aromatic rings. The lowest BCUT2D eigenvalue weighted by atomic mass is 9.08. The number of rotatable bonds is 7. The lowest BCUT2D eigenvalue weighted by Crippen LogP contribution is -2.47. The molecular weight excluding hydrogens is 467 g/mol. The number of aryl methyl sites for hydroxylation is 1. The number of hydrogen-bond donors (Lipinski definition) is 1. The van der Waals surface area contributed by atoms with E-state index in [1.165, 1.54) is 24.1 Å². The summed E-state index contributed by atoms with van der Waals surface area (Å²) in [5, 5.41) is 0.729. The molecule has 6 nitrogen and oxygen atoms in total. The van der Waals surface area contributed by atoms with Gasteiger partial charge in [0.2, 0.25) is 5.91 Å². The molecule has 1 heterocycles. The topological polar surface area (TPSA) is 75.7 Å². The van der Waals surface area contributed by atoms with Crippen LogP contribution in [-0.2, 0) is 26.7 Å². The van der Waals surface area contributed by atoms with Gasteiger partial charge >= 0.3 is 0 Å². The molecule has 0 aromatic heterocycles. The first-order valence-electron chi connectivity index (χ1n) is 11.4. The van der Waals surface area contributed by atoms with Crippen molar-refractivity contribution in [1.82, 2.24) is 4.72 Å². The molecule has 1 aliphatic heterocycles. The first-order valence-corrected chi connectivity index (χ1v) is 13.2. The van der Waals surface area contributed by atoms with E-state index in [1.807, 2.05) is 52.1 Å². The van der Waals surface area contributed by atoms with E-state index >= 15 is 0 Å². The Morgan fingerprint density at radius 2 is 2.06 bits per heavy atom. The third-order valence-corrected chi connectivity index (χ3v) is 8.03. The highest BCUT2D eigenvalue weighted by molar-refractivity contribution is 7.90. The molecule has 1 atom stereocenters. The number of fused-ring (bicyclic) bond motifs is 3. The smallest absolute Gasteiger partial charge is 0.264 e. The van der Waals surface area contributed by atoms with Crippen molar-refractivity contribution in [3.8, 4) is 5.75 Å². The van der Waals surface area contributed by atoms with Crippen LogP contribution in [0, 0.1) is 0 Å². The molecule has 1 spiro atoms. The van der Waals surface area contributed by atoms with Gasteiger partial charge in [-0.15, -0.1) is 6.82 Å². The number of halogens is 1. The molecule has 1 aliphatic carbocycles. The Morgan fingerprint density at radius 1 is 1.24 bits per heavy atom. The number of ether oxygens (including phenoxy) is 1. The zero-order valence-corrected chi connectivity index (χ0v) is 21.0. The standard InChI is InChI=1S/C22H25B4ClN2O4S/c1-15(30)28-34(31,32)18-6-8-21-20(11-18)29(14-24-26-25-23-2)12-22(13-33-21)9-3-4-16-10-17(27)5-7-19(16)22/h5-8,10-11H,3-4,9,12-14H2,1-2H3,(H,28,30). The molecule has 0 fully saturated rings. The number of benzene rings is 2. The maximum atomic E-state index is 12.7. The third kappa shape index (κ3) is 5.30. The van der Waals surface area contributed by atoms with Crippen LogP contribution in [0.4, 0.5) is 5.69 Å². The number of carbonyl (C=O) groups is 1. The Hall–Kier alpha value is -1.99. The molecule has 172 valence electrons. The monoisotopic (exact) mass is 492 g/mol. The van der Waals surface area contributed by atoms with Crippen molar-refractivity contribution in [3.63, 3.8) is 0 Å². The predicted molar refractivity (Wildman–Crippen MR) is 140 cm³/mol. The Bertz CT molecular complexity index is 1180. The van der Waals surface area contributed by atoms with E-state index in [2.05, 4.69) is 11.0 Å². The highest BCUT2D eigenvalue weighted by Crippen LogP contribution is 2.44. The zero-order valence-electron chi connectivity index (χ0n) is 19.4. The average molecular weight is 492 g/mol. The summed E-state index contributed by atoms with van der Waals surface area (Å²) < 4.78 is 33.8. The largest absolute Gasteiger partial charge is 0.490 e.